The monoisotopic (exact) mass is 220 g/mol. The molecule has 92 valence electrons. The van der Waals surface area contributed by atoms with Crippen LogP contribution in [0.1, 0.15) is 34.1 Å². The van der Waals surface area contributed by atoms with Crippen molar-refractivity contribution in [3.8, 4) is 0 Å². The number of rotatable bonds is 4. The van der Waals surface area contributed by atoms with Gasteiger partial charge in [-0.3, -0.25) is 9.59 Å². The van der Waals surface area contributed by atoms with Gasteiger partial charge in [0.25, 0.3) is 6.47 Å². The van der Waals surface area contributed by atoms with Crippen molar-refractivity contribution in [1.82, 2.24) is 5.32 Å². The average Bonchev–Trinajstić information content (AvgIpc) is 2.23. The molecule has 0 aliphatic heterocycles. The first-order chi connectivity index (χ1) is 7.02. The fourth-order valence-corrected chi connectivity index (χ4v) is 0.647. The topological polar surface area (TPSA) is 81.4 Å². The van der Waals surface area contributed by atoms with Gasteiger partial charge < -0.3 is 15.8 Å². The van der Waals surface area contributed by atoms with E-state index in [9.17, 15) is 9.59 Å². The van der Waals surface area contributed by atoms with Crippen molar-refractivity contribution in [3.63, 3.8) is 0 Å². The molecule has 0 saturated carbocycles. The number of ether oxygens (including phenoxy) is 1. The molecule has 0 radical (unpaired) electrons. The second kappa shape index (κ2) is 12.9. The van der Waals surface area contributed by atoms with Gasteiger partial charge in [-0.1, -0.05) is 13.8 Å². The van der Waals surface area contributed by atoms with Crippen LogP contribution in [0.5, 0.6) is 0 Å². The lowest BCUT2D eigenvalue weighted by Gasteiger charge is -2.20. The highest BCUT2D eigenvalue weighted by atomic mass is 16.5. The molecule has 0 spiro atoms. The molecular weight excluding hydrogens is 196 g/mol. The second-order valence-corrected chi connectivity index (χ2v) is 2.82. The van der Waals surface area contributed by atoms with E-state index in [1.54, 1.807) is 20.9 Å². The van der Waals surface area contributed by atoms with E-state index < -0.39 is 5.60 Å². The van der Waals surface area contributed by atoms with Crippen LogP contribution in [0.3, 0.4) is 0 Å². The molecule has 3 N–H and O–H groups in total. The Kier molecular flexibility index (Phi) is 16.7. The summed E-state index contributed by atoms with van der Waals surface area (Å²) in [7, 11) is 3.04. The Hall–Kier alpha value is -1.10. The maximum Gasteiger partial charge on any atom is 0.293 e. The first kappa shape index (κ1) is 19.5. The Morgan fingerprint density at radius 2 is 1.80 bits per heavy atom. The highest BCUT2D eigenvalue weighted by Gasteiger charge is 2.22. The Balaban J connectivity index is -0.000000318. The number of nitrogens with one attached hydrogen (secondary N) is 1. The Labute approximate surface area is 92.4 Å². The minimum Gasteiger partial charge on any atom is -0.461 e. The molecule has 0 fully saturated rings. The van der Waals surface area contributed by atoms with E-state index in [2.05, 4.69) is 15.8 Å². The fourth-order valence-electron chi connectivity index (χ4n) is 0.647. The molecule has 1 amide bonds. The smallest absolute Gasteiger partial charge is 0.293 e. The molecule has 0 unspecified atom stereocenters. The van der Waals surface area contributed by atoms with Crippen LogP contribution in [0.2, 0.25) is 0 Å². The molecule has 0 bridgehead atoms. The zero-order valence-electron chi connectivity index (χ0n) is 10.6. The SMILES string of the molecule is CC.CN.CNC(=O)CC(C)(C)OC=O. The van der Waals surface area contributed by atoms with E-state index in [4.69, 9.17) is 0 Å². The second-order valence-electron chi connectivity index (χ2n) is 2.82. The van der Waals surface area contributed by atoms with Gasteiger partial charge in [-0.25, -0.2) is 0 Å². The lowest BCUT2D eigenvalue weighted by atomic mass is 10.1. The van der Waals surface area contributed by atoms with Crippen LogP contribution in [-0.4, -0.2) is 32.1 Å². The van der Waals surface area contributed by atoms with Gasteiger partial charge in [0.15, 0.2) is 0 Å². The number of hydrogen-bond acceptors (Lipinski definition) is 4. The van der Waals surface area contributed by atoms with Gasteiger partial charge in [-0.2, -0.15) is 0 Å². The van der Waals surface area contributed by atoms with E-state index in [1.807, 2.05) is 13.8 Å². The quantitative estimate of drug-likeness (QED) is 0.682. The number of hydrogen-bond donors (Lipinski definition) is 2. The standard InChI is InChI=1S/C7H13NO3.C2H6.CH5N/c1-7(2,11-5-9)4-6(10)8-3;2*1-2/h5H,4H2,1-3H3,(H,8,10);1-2H3;2H2,1H3. The lowest BCUT2D eigenvalue weighted by Crippen LogP contribution is -2.32. The summed E-state index contributed by atoms with van der Waals surface area (Å²) in [5.41, 5.74) is 3.79. The minimum absolute atomic E-state index is 0.142. The van der Waals surface area contributed by atoms with Crippen LogP contribution < -0.4 is 11.1 Å². The summed E-state index contributed by atoms with van der Waals surface area (Å²) in [5.74, 6) is -0.142. The van der Waals surface area contributed by atoms with Gasteiger partial charge in [-0.05, 0) is 20.9 Å². The Morgan fingerprint density at radius 1 is 1.40 bits per heavy atom. The maximum absolute atomic E-state index is 10.8. The van der Waals surface area contributed by atoms with E-state index in [0.29, 0.717) is 6.47 Å². The summed E-state index contributed by atoms with van der Waals surface area (Å²) in [5, 5.41) is 2.44. The van der Waals surface area contributed by atoms with E-state index in [0.717, 1.165) is 0 Å². The molecule has 0 heterocycles. The van der Waals surface area contributed by atoms with Crippen molar-refractivity contribution in [2.24, 2.45) is 5.73 Å². The van der Waals surface area contributed by atoms with Crippen LogP contribution in [0.15, 0.2) is 0 Å². The zero-order chi connectivity index (χ0) is 12.9. The lowest BCUT2D eigenvalue weighted by molar-refractivity contribution is -0.143. The molecule has 0 saturated heterocycles. The van der Waals surface area contributed by atoms with Crippen LogP contribution in [0.25, 0.3) is 0 Å². The van der Waals surface area contributed by atoms with Crippen molar-refractivity contribution in [3.05, 3.63) is 0 Å². The molecule has 0 aliphatic carbocycles. The third-order valence-electron chi connectivity index (χ3n) is 1.23. The van der Waals surface area contributed by atoms with Gasteiger partial charge in [0.2, 0.25) is 5.91 Å². The maximum atomic E-state index is 10.8. The number of carbonyl (C=O) groups excluding carboxylic acids is 2. The largest absolute Gasteiger partial charge is 0.461 e. The van der Waals surface area contributed by atoms with Gasteiger partial charge in [0.1, 0.15) is 5.60 Å². The number of carbonyl (C=O) groups is 2. The predicted octanol–water partition coefficient (Wildman–Crippen LogP) is 0.675. The molecular formula is C10H24N2O3. The predicted molar refractivity (Wildman–Crippen MR) is 61.4 cm³/mol. The molecule has 0 aliphatic rings. The first-order valence-electron chi connectivity index (χ1n) is 4.91. The van der Waals surface area contributed by atoms with Crippen LogP contribution in [0, 0.1) is 0 Å². The Bertz CT molecular complexity index is 159. The summed E-state index contributed by atoms with van der Waals surface area (Å²) in [6.45, 7) is 7.70. The molecule has 0 rings (SSSR count). The van der Waals surface area contributed by atoms with Crippen molar-refractivity contribution in [1.29, 1.82) is 0 Å². The Morgan fingerprint density at radius 3 is 2.07 bits per heavy atom. The summed E-state index contributed by atoms with van der Waals surface area (Å²) < 4.78 is 4.66. The van der Waals surface area contributed by atoms with Gasteiger partial charge in [-0.15, -0.1) is 0 Å². The van der Waals surface area contributed by atoms with Crippen molar-refractivity contribution in [2.75, 3.05) is 14.1 Å². The minimum atomic E-state index is -0.707. The van der Waals surface area contributed by atoms with Crippen LogP contribution >= 0.6 is 0 Å². The van der Waals surface area contributed by atoms with Crippen molar-refractivity contribution >= 4 is 12.4 Å². The highest BCUT2D eigenvalue weighted by molar-refractivity contribution is 5.76. The molecule has 0 aromatic heterocycles. The summed E-state index contributed by atoms with van der Waals surface area (Å²) in [6, 6.07) is 0. The van der Waals surface area contributed by atoms with Crippen LogP contribution in [-0.2, 0) is 14.3 Å². The number of nitrogens with two attached hydrogens (primary N) is 1. The average molecular weight is 220 g/mol. The van der Waals surface area contributed by atoms with Gasteiger partial charge in [0, 0.05) is 7.05 Å². The molecule has 0 aromatic carbocycles. The molecule has 0 atom stereocenters. The van der Waals surface area contributed by atoms with Gasteiger partial charge in [0.05, 0.1) is 6.42 Å². The molecule has 5 heteroatoms. The molecule has 15 heavy (non-hydrogen) atoms. The normalized spacial score (nSPS) is 8.47. The van der Waals surface area contributed by atoms with E-state index in [1.165, 1.54) is 7.05 Å². The highest BCUT2D eigenvalue weighted by Crippen LogP contribution is 2.12. The van der Waals surface area contributed by atoms with Gasteiger partial charge >= 0.3 is 0 Å². The molecule has 0 aromatic rings. The number of amides is 1. The summed E-state index contributed by atoms with van der Waals surface area (Å²) >= 11 is 0. The van der Waals surface area contributed by atoms with E-state index >= 15 is 0 Å². The van der Waals surface area contributed by atoms with Crippen LogP contribution in [0.4, 0.5) is 0 Å². The summed E-state index contributed by atoms with van der Waals surface area (Å²) in [4.78, 5) is 20.7. The summed E-state index contributed by atoms with van der Waals surface area (Å²) in [6.07, 6.45) is 0.183. The fraction of sp³-hybridized carbons (Fsp3) is 0.800. The van der Waals surface area contributed by atoms with E-state index in [-0.39, 0.29) is 12.3 Å². The molecule has 5 nitrogen and oxygen atoms in total. The third kappa shape index (κ3) is 15.6. The van der Waals surface area contributed by atoms with Crippen molar-refractivity contribution in [2.45, 2.75) is 39.7 Å². The first-order valence-corrected chi connectivity index (χ1v) is 4.91. The van der Waals surface area contributed by atoms with Crippen molar-refractivity contribution < 1.29 is 14.3 Å². The zero-order valence-corrected chi connectivity index (χ0v) is 10.6. The third-order valence-corrected chi connectivity index (χ3v) is 1.23.